The van der Waals surface area contributed by atoms with Crippen molar-refractivity contribution in [3.63, 3.8) is 0 Å². The maximum atomic E-state index is 13.9. The lowest BCUT2D eigenvalue weighted by atomic mass is 9.83. The van der Waals surface area contributed by atoms with Crippen molar-refractivity contribution in [1.82, 2.24) is 31.9 Å². The summed E-state index contributed by atoms with van der Waals surface area (Å²) in [6.45, 7) is 7.95. The van der Waals surface area contributed by atoms with Crippen molar-refractivity contribution in [2.24, 2.45) is 23.7 Å². The summed E-state index contributed by atoms with van der Waals surface area (Å²) in [6.07, 6.45) is 2.66. The van der Waals surface area contributed by atoms with E-state index in [0.717, 1.165) is 26.2 Å². The van der Waals surface area contributed by atoms with Crippen LogP contribution in [0.25, 0.3) is 0 Å². The van der Waals surface area contributed by atoms with Gasteiger partial charge in [-0.25, -0.2) is 9.59 Å². The standard InChI is InChI=1S/C35H56N6O13S/c1-6-18(4)27(31(47)41-28(20-10-8-7-9-11-20)32(48)39-25(16-55)35(53)54)40-30(46)23(12-17(2)3)38-29(45)22(33(49)50)14-24(34(51)52)37-26(44)13-21(15-42)36-19(5)43/h15,17-18,20-25,27-28,55H,6-14,16H2,1-5H3,(H,36,43)(H,37,44)(H,38,45)(H,39,48)(H,40,46)(H,41,47)(H,49,50)(H,51,52)(H,53,54)/t18?,21-,22?,23-,24+,25-,27-,28-/m0/s1. The van der Waals surface area contributed by atoms with Crippen molar-refractivity contribution in [3.8, 4) is 0 Å². The normalized spacial score (nSPS) is 17.4. The van der Waals surface area contributed by atoms with Crippen molar-refractivity contribution in [2.75, 3.05) is 5.75 Å². The molecule has 1 aliphatic carbocycles. The van der Waals surface area contributed by atoms with Gasteiger partial charge in [0.1, 0.15) is 42.4 Å². The minimum absolute atomic E-state index is 0.0402. The maximum absolute atomic E-state index is 13.9. The summed E-state index contributed by atoms with van der Waals surface area (Å²) in [5.41, 5.74) is 0. The molecular formula is C35H56N6O13S. The van der Waals surface area contributed by atoms with Gasteiger partial charge >= 0.3 is 17.9 Å². The largest absolute Gasteiger partial charge is 0.481 e. The molecule has 0 radical (unpaired) electrons. The van der Waals surface area contributed by atoms with E-state index in [0.29, 0.717) is 19.3 Å². The van der Waals surface area contributed by atoms with Crippen LogP contribution in [0.1, 0.15) is 92.4 Å². The summed E-state index contributed by atoms with van der Waals surface area (Å²) in [4.78, 5) is 125. The highest BCUT2D eigenvalue weighted by Crippen LogP contribution is 2.27. The maximum Gasteiger partial charge on any atom is 0.327 e. The Morgan fingerprint density at radius 3 is 1.75 bits per heavy atom. The highest BCUT2D eigenvalue weighted by Gasteiger charge is 2.39. The Labute approximate surface area is 325 Å². The Morgan fingerprint density at radius 1 is 0.691 bits per heavy atom. The second-order valence-corrected chi connectivity index (χ2v) is 14.6. The van der Waals surface area contributed by atoms with E-state index >= 15 is 0 Å². The van der Waals surface area contributed by atoms with Gasteiger partial charge in [-0.3, -0.25) is 33.6 Å². The van der Waals surface area contributed by atoms with Gasteiger partial charge < -0.3 is 52.0 Å². The lowest BCUT2D eigenvalue weighted by molar-refractivity contribution is -0.150. The van der Waals surface area contributed by atoms with Crippen molar-refractivity contribution in [1.29, 1.82) is 0 Å². The molecule has 0 bridgehead atoms. The van der Waals surface area contributed by atoms with Crippen molar-refractivity contribution >= 4 is 72.3 Å². The third-order valence-corrected chi connectivity index (χ3v) is 9.67. The number of aldehydes is 1. The van der Waals surface area contributed by atoms with Crippen LogP contribution in [0.3, 0.4) is 0 Å². The number of hydrogen-bond donors (Lipinski definition) is 10. The fourth-order valence-corrected chi connectivity index (χ4v) is 6.36. The zero-order valence-electron chi connectivity index (χ0n) is 31.8. The first kappa shape index (κ1) is 48.3. The molecule has 1 aliphatic rings. The number of aliphatic carboxylic acids is 3. The molecule has 0 aliphatic heterocycles. The lowest BCUT2D eigenvalue weighted by Crippen LogP contribution is -2.61. The number of nitrogens with one attached hydrogen (secondary N) is 6. The van der Waals surface area contributed by atoms with Crippen LogP contribution < -0.4 is 31.9 Å². The topological polar surface area (TPSA) is 304 Å². The van der Waals surface area contributed by atoms with Gasteiger partial charge in [0.05, 0.1) is 12.5 Å². The Bertz CT molecular complexity index is 1410. The molecule has 19 nitrogen and oxygen atoms in total. The van der Waals surface area contributed by atoms with E-state index in [1.54, 1.807) is 27.7 Å². The molecular weight excluding hydrogens is 744 g/mol. The quantitative estimate of drug-likeness (QED) is 0.0331. The average molecular weight is 801 g/mol. The number of carbonyl (C=O) groups excluding carboxylic acids is 7. The third kappa shape index (κ3) is 16.7. The van der Waals surface area contributed by atoms with Crippen molar-refractivity contribution in [3.05, 3.63) is 0 Å². The third-order valence-electron chi connectivity index (χ3n) is 9.31. The molecule has 0 aromatic heterocycles. The van der Waals surface area contributed by atoms with Gasteiger partial charge in [-0.1, -0.05) is 53.4 Å². The first-order valence-corrected chi connectivity index (χ1v) is 18.9. The van der Waals surface area contributed by atoms with E-state index in [2.05, 4.69) is 39.2 Å². The van der Waals surface area contributed by atoms with Crippen LogP contribution in [0, 0.1) is 23.7 Å². The Hall–Kier alpha value is -4.75. The summed E-state index contributed by atoms with van der Waals surface area (Å²) in [6, 6.07) is -8.32. The average Bonchev–Trinajstić information content (AvgIpc) is 3.11. The molecule has 1 fully saturated rings. The molecule has 2 unspecified atom stereocenters. The first-order valence-electron chi connectivity index (χ1n) is 18.3. The van der Waals surface area contributed by atoms with Crippen LogP contribution in [0.4, 0.5) is 0 Å². The number of carbonyl (C=O) groups is 10. The summed E-state index contributed by atoms with van der Waals surface area (Å²) in [5, 5.41) is 43.4. The van der Waals surface area contributed by atoms with E-state index in [9.17, 15) is 63.3 Å². The van der Waals surface area contributed by atoms with Crippen LogP contribution in [0.15, 0.2) is 0 Å². The summed E-state index contributed by atoms with van der Waals surface area (Å²) < 4.78 is 0. The Morgan fingerprint density at radius 2 is 1.27 bits per heavy atom. The molecule has 1 saturated carbocycles. The molecule has 6 amide bonds. The molecule has 55 heavy (non-hydrogen) atoms. The van der Waals surface area contributed by atoms with Gasteiger partial charge in [-0.05, 0) is 37.0 Å². The summed E-state index contributed by atoms with van der Waals surface area (Å²) in [5.74, 6) is -13.4. The number of hydrogen-bond acceptors (Lipinski definition) is 11. The molecule has 0 spiro atoms. The monoisotopic (exact) mass is 800 g/mol. The van der Waals surface area contributed by atoms with Crippen LogP contribution in [-0.2, 0) is 47.9 Å². The van der Waals surface area contributed by atoms with Crippen molar-refractivity contribution in [2.45, 2.75) is 129 Å². The fraction of sp³-hybridized carbons (Fsp3) is 0.714. The van der Waals surface area contributed by atoms with Crippen LogP contribution in [-0.4, -0.2) is 117 Å². The SMILES string of the molecule is CCC(C)[C@H](NC(=O)[C@H](CC(C)C)NC(=O)C(C[C@@H](NC(=O)C[C@@H](C=O)NC(C)=O)C(=O)O)C(=O)O)C(=O)N[C@H](C(=O)N[C@@H](CS)C(=O)O)C1CCCCC1. The van der Waals surface area contributed by atoms with Crippen molar-refractivity contribution < 1.29 is 63.3 Å². The van der Waals surface area contributed by atoms with Crippen LogP contribution in [0.5, 0.6) is 0 Å². The minimum atomic E-state index is -2.09. The van der Waals surface area contributed by atoms with Gasteiger partial charge in [0.25, 0.3) is 0 Å². The van der Waals surface area contributed by atoms with Gasteiger partial charge in [-0.2, -0.15) is 12.6 Å². The molecule has 8 atom stereocenters. The number of carboxylic acid groups (broad SMARTS) is 3. The van der Waals surface area contributed by atoms with Gasteiger partial charge in [0, 0.05) is 19.1 Å². The van der Waals surface area contributed by atoms with E-state index in [1.807, 2.05) is 5.32 Å². The van der Waals surface area contributed by atoms with E-state index in [4.69, 9.17) is 0 Å². The van der Waals surface area contributed by atoms with Crippen LogP contribution in [0.2, 0.25) is 0 Å². The molecule has 20 heteroatoms. The number of rotatable bonds is 24. The van der Waals surface area contributed by atoms with E-state index < -0.39 is 114 Å². The molecule has 0 aromatic rings. The summed E-state index contributed by atoms with van der Waals surface area (Å²) in [7, 11) is 0. The number of carboxylic acids is 3. The van der Waals surface area contributed by atoms with Gasteiger partial charge in [0.2, 0.25) is 35.4 Å². The van der Waals surface area contributed by atoms with Gasteiger partial charge in [0.15, 0.2) is 0 Å². The molecule has 9 N–H and O–H groups in total. The second kappa shape index (κ2) is 23.9. The predicted octanol–water partition coefficient (Wildman–Crippen LogP) is -0.633. The molecule has 0 heterocycles. The highest BCUT2D eigenvalue weighted by atomic mass is 32.1. The lowest BCUT2D eigenvalue weighted by Gasteiger charge is -2.33. The molecule has 1 rings (SSSR count). The molecule has 310 valence electrons. The zero-order valence-corrected chi connectivity index (χ0v) is 32.7. The van der Waals surface area contributed by atoms with E-state index in [-0.39, 0.29) is 30.3 Å². The smallest absolute Gasteiger partial charge is 0.327 e. The van der Waals surface area contributed by atoms with Crippen LogP contribution >= 0.6 is 12.6 Å². The number of amides is 6. The molecule has 0 aromatic carbocycles. The first-order chi connectivity index (χ1) is 25.7. The Kier molecular flexibility index (Phi) is 21.0. The minimum Gasteiger partial charge on any atom is -0.481 e. The van der Waals surface area contributed by atoms with E-state index in [1.165, 1.54) is 0 Å². The molecule has 0 saturated heterocycles. The zero-order chi connectivity index (χ0) is 42.0. The Balaban J connectivity index is 3.29. The van der Waals surface area contributed by atoms with Gasteiger partial charge in [-0.15, -0.1) is 0 Å². The number of thiol groups is 1. The fourth-order valence-electron chi connectivity index (χ4n) is 6.11. The highest BCUT2D eigenvalue weighted by molar-refractivity contribution is 7.80. The predicted molar refractivity (Wildman–Crippen MR) is 198 cm³/mol. The summed E-state index contributed by atoms with van der Waals surface area (Å²) >= 11 is 4.00. The second-order valence-electron chi connectivity index (χ2n) is 14.3.